The number of carbonyl (C=O) groups excluding carboxylic acids is 2. The summed E-state index contributed by atoms with van der Waals surface area (Å²) in [5.74, 6) is 0.00926. The summed E-state index contributed by atoms with van der Waals surface area (Å²) in [7, 11) is 0. The van der Waals surface area contributed by atoms with E-state index >= 15 is 0 Å². The third kappa shape index (κ3) is 2.32. The van der Waals surface area contributed by atoms with Crippen LogP contribution in [0.3, 0.4) is 0 Å². The first-order chi connectivity index (χ1) is 7.81. The van der Waals surface area contributed by atoms with E-state index < -0.39 is 0 Å². The van der Waals surface area contributed by atoms with Gasteiger partial charge in [0.25, 0.3) is 5.91 Å². The van der Waals surface area contributed by atoms with Gasteiger partial charge in [0.1, 0.15) is 5.69 Å². The van der Waals surface area contributed by atoms with Crippen molar-refractivity contribution in [3.8, 4) is 0 Å². The molecule has 1 fully saturated rings. The summed E-state index contributed by atoms with van der Waals surface area (Å²) >= 11 is 0. The van der Waals surface area contributed by atoms with Crippen molar-refractivity contribution in [1.82, 2.24) is 9.88 Å². The molecular weight excluding hydrogens is 204 g/mol. The molecule has 86 valence electrons. The Morgan fingerprint density at radius 2 is 1.94 bits per heavy atom. The van der Waals surface area contributed by atoms with Crippen molar-refractivity contribution < 1.29 is 9.59 Å². The van der Waals surface area contributed by atoms with Gasteiger partial charge in [0.2, 0.25) is 0 Å². The molecule has 0 unspecified atom stereocenters. The maximum absolute atomic E-state index is 12.1. The van der Waals surface area contributed by atoms with Gasteiger partial charge >= 0.3 is 0 Å². The standard InChI is InChI=1S/C12H16N2O2/c15-9-10-7-11(13-8-10)12(16)14-5-3-1-2-4-6-14/h7-9,13H,1-6H2. The van der Waals surface area contributed by atoms with Gasteiger partial charge < -0.3 is 9.88 Å². The summed E-state index contributed by atoms with van der Waals surface area (Å²) in [5.41, 5.74) is 1.04. The molecule has 1 amide bonds. The summed E-state index contributed by atoms with van der Waals surface area (Å²) in [6, 6.07) is 1.61. The number of aromatic nitrogens is 1. The Balaban J connectivity index is 2.07. The topological polar surface area (TPSA) is 53.2 Å². The molecule has 0 spiro atoms. The Labute approximate surface area is 94.6 Å². The number of hydrogen-bond donors (Lipinski definition) is 1. The van der Waals surface area contributed by atoms with Crippen molar-refractivity contribution in [3.63, 3.8) is 0 Å². The smallest absolute Gasteiger partial charge is 0.270 e. The number of rotatable bonds is 2. The van der Waals surface area contributed by atoms with Gasteiger partial charge in [0, 0.05) is 24.8 Å². The van der Waals surface area contributed by atoms with E-state index in [2.05, 4.69) is 4.98 Å². The van der Waals surface area contributed by atoms with Crippen LogP contribution in [0.15, 0.2) is 12.3 Å². The minimum atomic E-state index is 0.00926. The molecule has 0 atom stereocenters. The van der Waals surface area contributed by atoms with Crippen LogP contribution < -0.4 is 0 Å². The zero-order valence-corrected chi connectivity index (χ0v) is 9.24. The number of likely N-dealkylation sites (tertiary alicyclic amines) is 1. The molecule has 1 aromatic heterocycles. The first kappa shape index (κ1) is 10.9. The molecular formula is C12H16N2O2. The number of nitrogens with zero attached hydrogens (tertiary/aromatic N) is 1. The molecule has 2 rings (SSSR count). The molecule has 4 nitrogen and oxygen atoms in total. The lowest BCUT2D eigenvalue weighted by Crippen LogP contribution is -2.32. The van der Waals surface area contributed by atoms with Crippen LogP contribution in [0.1, 0.15) is 46.5 Å². The lowest BCUT2D eigenvalue weighted by Gasteiger charge is -2.19. The second-order valence-corrected chi connectivity index (χ2v) is 4.17. The molecule has 0 aromatic carbocycles. The van der Waals surface area contributed by atoms with E-state index in [1.807, 2.05) is 4.90 Å². The number of H-pyrrole nitrogens is 1. The predicted molar refractivity (Wildman–Crippen MR) is 60.6 cm³/mol. The van der Waals surface area contributed by atoms with Crippen LogP contribution in [0.5, 0.6) is 0 Å². The Kier molecular flexibility index (Phi) is 3.39. The van der Waals surface area contributed by atoms with Crippen LogP contribution in [0.4, 0.5) is 0 Å². The van der Waals surface area contributed by atoms with Crippen molar-refractivity contribution in [2.75, 3.05) is 13.1 Å². The van der Waals surface area contributed by atoms with E-state index in [0.717, 1.165) is 32.2 Å². The quantitative estimate of drug-likeness (QED) is 0.773. The summed E-state index contributed by atoms with van der Waals surface area (Å²) in [6.45, 7) is 1.66. The highest BCUT2D eigenvalue weighted by Crippen LogP contribution is 2.13. The minimum absolute atomic E-state index is 0.00926. The van der Waals surface area contributed by atoms with E-state index in [0.29, 0.717) is 11.3 Å². The second-order valence-electron chi connectivity index (χ2n) is 4.17. The van der Waals surface area contributed by atoms with Crippen molar-refractivity contribution in [2.24, 2.45) is 0 Å². The first-order valence-electron chi connectivity index (χ1n) is 5.74. The second kappa shape index (κ2) is 4.96. The van der Waals surface area contributed by atoms with Crippen LogP contribution in [0.2, 0.25) is 0 Å². The number of carbonyl (C=O) groups is 2. The fourth-order valence-corrected chi connectivity index (χ4v) is 2.05. The largest absolute Gasteiger partial charge is 0.356 e. The predicted octanol–water partition coefficient (Wildman–Crippen LogP) is 1.84. The Hall–Kier alpha value is -1.58. The monoisotopic (exact) mass is 220 g/mol. The van der Waals surface area contributed by atoms with Gasteiger partial charge in [-0.2, -0.15) is 0 Å². The lowest BCUT2D eigenvalue weighted by atomic mass is 10.2. The van der Waals surface area contributed by atoms with Gasteiger partial charge in [0.05, 0.1) is 0 Å². The van der Waals surface area contributed by atoms with Crippen LogP contribution in [0.25, 0.3) is 0 Å². The van der Waals surface area contributed by atoms with Gasteiger partial charge in [0.15, 0.2) is 6.29 Å². The number of aldehydes is 1. The maximum atomic E-state index is 12.1. The number of nitrogens with one attached hydrogen (secondary N) is 1. The SMILES string of the molecule is O=Cc1c[nH]c(C(=O)N2CCCCCC2)c1. The fourth-order valence-electron chi connectivity index (χ4n) is 2.05. The summed E-state index contributed by atoms with van der Waals surface area (Å²) in [6.07, 6.45) is 6.87. The molecule has 2 heterocycles. The molecule has 1 N–H and O–H groups in total. The van der Waals surface area contributed by atoms with E-state index in [9.17, 15) is 9.59 Å². The fraction of sp³-hybridized carbons (Fsp3) is 0.500. The molecule has 1 aromatic rings. The number of amides is 1. The summed E-state index contributed by atoms with van der Waals surface area (Å²) < 4.78 is 0. The molecule has 0 radical (unpaired) electrons. The molecule has 0 saturated carbocycles. The number of hydrogen-bond acceptors (Lipinski definition) is 2. The Bertz CT molecular complexity index is 376. The molecule has 1 aliphatic heterocycles. The third-order valence-corrected chi connectivity index (χ3v) is 2.97. The third-order valence-electron chi connectivity index (χ3n) is 2.97. The van der Waals surface area contributed by atoms with Crippen molar-refractivity contribution >= 4 is 12.2 Å². The zero-order valence-electron chi connectivity index (χ0n) is 9.24. The van der Waals surface area contributed by atoms with Crippen molar-refractivity contribution in [1.29, 1.82) is 0 Å². The average Bonchev–Trinajstić information content (AvgIpc) is 2.62. The molecule has 4 heteroatoms. The van der Waals surface area contributed by atoms with Gasteiger partial charge in [-0.3, -0.25) is 9.59 Å². The normalized spacial score (nSPS) is 16.9. The zero-order chi connectivity index (χ0) is 11.4. The molecule has 16 heavy (non-hydrogen) atoms. The average molecular weight is 220 g/mol. The van der Waals surface area contributed by atoms with Gasteiger partial charge in [-0.05, 0) is 18.9 Å². The summed E-state index contributed by atoms with van der Waals surface area (Å²) in [5, 5.41) is 0. The van der Waals surface area contributed by atoms with Crippen LogP contribution in [0, 0.1) is 0 Å². The summed E-state index contributed by atoms with van der Waals surface area (Å²) in [4.78, 5) is 27.3. The van der Waals surface area contributed by atoms with E-state index in [1.165, 1.54) is 12.8 Å². The van der Waals surface area contributed by atoms with Crippen LogP contribution >= 0.6 is 0 Å². The first-order valence-corrected chi connectivity index (χ1v) is 5.74. The molecule has 0 aliphatic carbocycles. The highest BCUT2D eigenvalue weighted by molar-refractivity contribution is 5.94. The van der Waals surface area contributed by atoms with Crippen molar-refractivity contribution in [3.05, 3.63) is 23.5 Å². The van der Waals surface area contributed by atoms with E-state index in [4.69, 9.17) is 0 Å². The molecule has 0 bridgehead atoms. The van der Waals surface area contributed by atoms with Gasteiger partial charge in [-0.1, -0.05) is 12.8 Å². The van der Waals surface area contributed by atoms with E-state index in [1.54, 1.807) is 12.3 Å². The van der Waals surface area contributed by atoms with Gasteiger partial charge in [-0.25, -0.2) is 0 Å². The number of aromatic amines is 1. The van der Waals surface area contributed by atoms with E-state index in [-0.39, 0.29) is 5.91 Å². The van der Waals surface area contributed by atoms with Crippen molar-refractivity contribution in [2.45, 2.75) is 25.7 Å². The van der Waals surface area contributed by atoms with Gasteiger partial charge in [-0.15, -0.1) is 0 Å². The highest BCUT2D eigenvalue weighted by Gasteiger charge is 2.18. The molecule has 1 saturated heterocycles. The Morgan fingerprint density at radius 1 is 1.25 bits per heavy atom. The Morgan fingerprint density at radius 3 is 2.50 bits per heavy atom. The molecule has 1 aliphatic rings. The maximum Gasteiger partial charge on any atom is 0.270 e. The minimum Gasteiger partial charge on any atom is -0.356 e. The van der Waals surface area contributed by atoms with Crippen LogP contribution in [-0.4, -0.2) is 35.2 Å². The lowest BCUT2D eigenvalue weighted by molar-refractivity contribution is 0.0756. The highest BCUT2D eigenvalue weighted by atomic mass is 16.2. The van der Waals surface area contributed by atoms with Crippen LogP contribution in [-0.2, 0) is 0 Å².